The molecule has 5 aliphatic rings. The molecule has 1 amide bonds. The second-order valence-corrected chi connectivity index (χ2v) is 13.4. The number of nitrogens with zero attached hydrogens (tertiary/aromatic N) is 1. The summed E-state index contributed by atoms with van der Waals surface area (Å²) < 4.78 is 25.7. The number of rotatable bonds is 3. The van der Waals surface area contributed by atoms with Gasteiger partial charge in [0.2, 0.25) is 5.91 Å². The average molecular weight is 487 g/mol. The number of allylic oxidation sites excluding steroid dienone is 2. The Kier molecular flexibility index (Phi) is 5.78. The Morgan fingerprint density at radius 2 is 1.80 bits per heavy atom. The van der Waals surface area contributed by atoms with E-state index in [4.69, 9.17) is 0 Å². The lowest BCUT2D eigenvalue weighted by molar-refractivity contribution is -0.177. The monoisotopic (exact) mass is 486 g/mol. The first-order valence-corrected chi connectivity index (χ1v) is 13.7. The van der Waals surface area contributed by atoms with Crippen molar-refractivity contribution in [3.63, 3.8) is 0 Å². The Morgan fingerprint density at radius 3 is 2.49 bits per heavy atom. The highest BCUT2D eigenvalue weighted by Crippen LogP contribution is 2.72. The van der Waals surface area contributed by atoms with Crippen molar-refractivity contribution in [2.75, 3.05) is 6.54 Å². The van der Waals surface area contributed by atoms with E-state index in [1.807, 2.05) is 19.9 Å². The quantitative estimate of drug-likeness (QED) is 0.526. The van der Waals surface area contributed by atoms with Crippen LogP contribution in [0.2, 0.25) is 0 Å². The summed E-state index contributed by atoms with van der Waals surface area (Å²) in [6, 6.07) is 2.21. The molecule has 0 bridgehead atoms. The van der Waals surface area contributed by atoms with Crippen LogP contribution in [0.25, 0.3) is 0 Å². The van der Waals surface area contributed by atoms with Gasteiger partial charge in [-0.05, 0) is 91.8 Å². The third-order valence-electron chi connectivity index (χ3n) is 11.8. The maximum atomic E-state index is 13.2. The largest absolute Gasteiger partial charge is 0.350 e. The van der Waals surface area contributed by atoms with E-state index in [-0.39, 0.29) is 34.4 Å². The van der Waals surface area contributed by atoms with Gasteiger partial charge < -0.3 is 5.32 Å². The first-order chi connectivity index (χ1) is 16.4. The molecule has 5 rings (SSSR count). The van der Waals surface area contributed by atoms with Crippen molar-refractivity contribution < 1.29 is 18.4 Å². The van der Waals surface area contributed by atoms with E-state index in [1.165, 1.54) is 0 Å². The van der Waals surface area contributed by atoms with Crippen molar-refractivity contribution in [3.8, 4) is 6.07 Å². The molecule has 0 aliphatic heterocycles. The molecule has 4 fully saturated rings. The zero-order chi connectivity index (χ0) is 25.4. The highest BCUT2D eigenvalue weighted by molar-refractivity contribution is 6.04. The lowest BCUT2D eigenvalue weighted by Crippen LogP contribution is -2.62. The molecule has 0 spiro atoms. The number of carbonyl (C=O) groups excluding carboxylic acids is 2. The topological polar surface area (TPSA) is 70.0 Å². The van der Waals surface area contributed by atoms with Crippen molar-refractivity contribution in [1.82, 2.24) is 5.32 Å². The highest BCUT2D eigenvalue weighted by atomic mass is 19.3. The van der Waals surface area contributed by atoms with E-state index in [2.05, 4.69) is 25.2 Å². The normalized spacial score (nSPS) is 45.9. The van der Waals surface area contributed by atoms with Gasteiger partial charge in [-0.1, -0.05) is 40.2 Å². The molecule has 35 heavy (non-hydrogen) atoms. The van der Waals surface area contributed by atoms with E-state index in [9.17, 15) is 23.6 Å². The third-order valence-corrected chi connectivity index (χ3v) is 11.8. The second-order valence-electron chi connectivity index (χ2n) is 13.4. The van der Waals surface area contributed by atoms with Crippen LogP contribution in [0, 0.1) is 62.6 Å². The van der Waals surface area contributed by atoms with Crippen molar-refractivity contribution in [2.45, 2.75) is 91.9 Å². The van der Waals surface area contributed by atoms with Crippen molar-refractivity contribution >= 4 is 11.7 Å². The van der Waals surface area contributed by atoms with Crippen LogP contribution < -0.4 is 5.32 Å². The molecule has 0 heterocycles. The molecule has 0 aromatic carbocycles. The maximum Gasteiger partial charge on any atom is 0.255 e. The fraction of sp³-hybridized carbons (Fsp3) is 0.828. The minimum absolute atomic E-state index is 0.0111. The highest BCUT2D eigenvalue weighted by Gasteiger charge is 2.67. The van der Waals surface area contributed by atoms with Gasteiger partial charge in [0.15, 0.2) is 5.78 Å². The van der Waals surface area contributed by atoms with Crippen molar-refractivity contribution in [1.29, 1.82) is 5.26 Å². The van der Waals surface area contributed by atoms with E-state index in [1.54, 1.807) is 0 Å². The number of halogens is 2. The van der Waals surface area contributed by atoms with Crippen molar-refractivity contribution in [3.05, 3.63) is 11.6 Å². The summed E-state index contributed by atoms with van der Waals surface area (Å²) in [7, 11) is 0. The Bertz CT molecular complexity index is 999. The molecule has 192 valence electrons. The molecule has 0 radical (unpaired) electrons. The summed E-state index contributed by atoms with van der Waals surface area (Å²) in [5, 5.41) is 12.4. The van der Waals surface area contributed by atoms with E-state index in [0.29, 0.717) is 23.3 Å². The van der Waals surface area contributed by atoms with Crippen LogP contribution in [0.1, 0.15) is 85.5 Å². The third kappa shape index (κ3) is 3.32. The predicted octanol–water partition coefficient (Wildman–Crippen LogP) is 6.07. The fourth-order valence-electron chi connectivity index (χ4n) is 10.5. The zero-order valence-electron chi connectivity index (χ0n) is 21.6. The lowest BCUT2D eigenvalue weighted by Gasteiger charge is -2.67. The van der Waals surface area contributed by atoms with Crippen LogP contribution in [-0.2, 0) is 9.59 Å². The van der Waals surface area contributed by atoms with Gasteiger partial charge in [0.25, 0.3) is 6.43 Å². The molecule has 8 atom stereocenters. The number of fused-ring (bicyclic) bond motifs is 7. The van der Waals surface area contributed by atoms with Crippen LogP contribution in [0.3, 0.4) is 0 Å². The Hall–Kier alpha value is -1.77. The zero-order valence-corrected chi connectivity index (χ0v) is 21.6. The van der Waals surface area contributed by atoms with Gasteiger partial charge in [0.05, 0.1) is 17.5 Å². The summed E-state index contributed by atoms with van der Waals surface area (Å²) in [6.45, 7) is 8.25. The molecule has 8 unspecified atom stereocenters. The Balaban J connectivity index is 1.47. The number of amides is 1. The SMILES string of the molecule is CC1(C)C(=O)C(C#N)=CC2(C)C1CCC1(C)C3CCC4(C(=O)NCC(F)F)CCCC4C3CCC21. The first kappa shape index (κ1) is 24.9. The second kappa shape index (κ2) is 8.12. The molecule has 6 heteroatoms. The molecular weight excluding hydrogens is 446 g/mol. The van der Waals surface area contributed by atoms with E-state index in [0.717, 1.165) is 57.8 Å². The van der Waals surface area contributed by atoms with Crippen LogP contribution in [0.4, 0.5) is 8.78 Å². The number of carbonyl (C=O) groups is 2. The first-order valence-electron chi connectivity index (χ1n) is 13.7. The summed E-state index contributed by atoms with van der Waals surface area (Å²) in [5.74, 6) is 1.69. The van der Waals surface area contributed by atoms with Gasteiger partial charge in [-0.15, -0.1) is 0 Å². The molecule has 5 aliphatic carbocycles. The Labute approximate surface area is 208 Å². The van der Waals surface area contributed by atoms with Crippen LogP contribution in [-0.4, -0.2) is 24.7 Å². The van der Waals surface area contributed by atoms with Gasteiger partial charge in [-0.25, -0.2) is 8.78 Å². The molecule has 4 saturated carbocycles. The number of nitrogens with one attached hydrogen (secondary N) is 1. The number of hydrogen-bond donors (Lipinski definition) is 1. The number of alkyl halides is 2. The van der Waals surface area contributed by atoms with E-state index < -0.39 is 23.8 Å². The van der Waals surface area contributed by atoms with E-state index >= 15 is 0 Å². The number of nitriles is 1. The molecule has 4 nitrogen and oxygen atoms in total. The summed E-state index contributed by atoms with van der Waals surface area (Å²) in [5.41, 5.74) is -0.792. The summed E-state index contributed by atoms with van der Waals surface area (Å²) >= 11 is 0. The average Bonchev–Trinajstić information content (AvgIpc) is 3.25. The van der Waals surface area contributed by atoms with Crippen molar-refractivity contribution in [2.24, 2.45) is 51.2 Å². The molecule has 1 N–H and O–H groups in total. The molecular formula is C29H40F2N2O2. The van der Waals surface area contributed by atoms with Crippen LogP contribution in [0.5, 0.6) is 0 Å². The number of hydrogen-bond acceptors (Lipinski definition) is 3. The molecule has 0 aromatic rings. The summed E-state index contributed by atoms with van der Waals surface area (Å²) in [6.07, 6.45) is 8.25. The predicted molar refractivity (Wildman–Crippen MR) is 129 cm³/mol. The number of ketones is 1. The van der Waals surface area contributed by atoms with Crippen LogP contribution in [0.15, 0.2) is 11.6 Å². The van der Waals surface area contributed by atoms with Gasteiger partial charge >= 0.3 is 0 Å². The van der Waals surface area contributed by atoms with Gasteiger partial charge in [0, 0.05) is 5.41 Å². The van der Waals surface area contributed by atoms with Gasteiger partial charge in [0.1, 0.15) is 6.07 Å². The summed E-state index contributed by atoms with van der Waals surface area (Å²) in [4.78, 5) is 26.3. The van der Waals surface area contributed by atoms with Gasteiger partial charge in [-0.2, -0.15) is 5.26 Å². The smallest absolute Gasteiger partial charge is 0.255 e. The standard InChI is InChI=1S/C29H40F2N2O2/c1-26(2)21-10-12-27(3)19-9-13-29(25(35)33-16-23(30)31)11-5-6-20(29)18(19)7-8-22(27)28(21,4)14-17(15-32)24(26)34/h14,18-23H,5-13,16H2,1-4H3,(H,33,35). The van der Waals surface area contributed by atoms with Crippen LogP contribution >= 0.6 is 0 Å². The minimum atomic E-state index is -2.52. The Morgan fingerprint density at radius 1 is 1.06 bits per heavy atom. The maximum absolute atomic E-state index is 13.2. The fourth-order valence-corrected chi connectivity index (χ4v) is 10.5. The molecule has 0 saturated heterocycles. The molecule has 0 aromatic heterocycles. The number of Topliss-reactive ketones (excluding diaryl/α,β-unsaturated/α-hetero) is 1. The van der Waals surface area contributed by atoms with Gasteiger partial charge in [-0.3, -0.25) is 9.59 Å². The minimum Gasteiger partial charge on any atom is -0.350 e. The lowest BCUT2D eigenvalue weighted by atomic mass is 9.37.